The molecule has 0 amide bonds. The van der Waals surface area contributed by atoms with Crippen LogP contribution in [-0.2, 0) is 11.0 Å². The number of pyridine rings is 1. The summed E-state index contributed by atoms with van der Waals surface area (Å²) in [5.41, 5.74) is -0.111. The summed E-state index contributed by atoms with van der Waals surface area (Å²) in [6.07, 6.45) is -0.688. The fourth-order valence-corrected chi connectivity index (χ4v) is 4.08. The number of hydrogen-bond acceptors (Lipinski definition) is 4. The molecule has 1 aliphatic carbocycles. The first-order chi connectivity index (χ1) is 12.2. The van der Waals surface area contributed by atoms with Crippen molar-refractivity contribution in [2.75, 3.05) is 0 Å². The van der Waals surface area contributed by atoms with Crippen molar-refractivity contribution in [3.8, 4) is 0 Å². The lowest BCUT2D eigenvalue weighted by atomic mass is 9.64. The van der Waals surface area contributed by atoms with Crippen molar-refractivity contribution < 1.29 is 18.0 Å². The molecule has 26 heavy (non-hydrogen) atoms. The minimum Gasteiger partial charge on any atom is -0.299 e. The first-order valence-corrected chi connectivity index (χ1v) is 8.33. The van der Waals surface area contributed by atoms with Gasteiger partial charge in [-0.1, -0.05) is 19.9 Å². The second-order valence-corrected chi connectivity index (χ2v) is 7.66. The van der Waals surface area contributed by atoms with Crippen LogP contribution in [0.5, 0.6) is 0 Å². The molecule has 2 aromatic heterocycles. The van der Waals surface area contributed by atoms with Gasteiger partial charge in [-0.15, -0.1) is 0 Å². The number of nitrogens with zero attached hydrogens (tertiary/aromatic N) is 3. The summed E-state index contributed by atoms with van der Waals surface area (Å²) in [5, 5.41) is 5.89. The van der Waals surface area contributed by atoms with Crippen molar-refractivity contribution in [1.82, 2.24) is 15.2 Å². The number of aromatic amines is 1. The number of nitrogens with one attached hydrogen (secondary N) is 1. The number of rotatable bonds is 1. The predicted molar refractivity (Wildman–Crippen MR) is 88.3 cm³/mol. The van der Waals surface area contributed by atoms with E-state index in [-0.39, 0.29) is 22.6 Å². The van der Waals surface area contributed by atoms with Crippen LogP contribution in [0, 0.1) is 11.3 Å². The van der Waals surface area contributed by atoms with Gasteiger partial charge in [0.2, 0.25) is 0 Å². The molecule has 1 saturated carbocycles. The number of carbonyl (C=O) groups is 1. The molecule has 136 valence electrons. The monoisotopic (exact) mass is 362 g/mol. The van der Waals surface area contributed by atoms with Crippen LogP contribution in [0.1, 0.15) is 49.4 Å². The van der Waals surface area contributed by atoms with Crippen molar-refractivity contribution >= 4 is 17.3 Å². The molecular weight excluding hydrogens is 345 g/mol. The zero-order valence-electron chi connectivity index (χ0n) is 14.3. The number of carbonyl (C=O) groups excluding carboxylic acids is 1. The maximum atomic E-state index is 13.5. The van der Waals surface area contributed by atoms with Gasteiger partial charge < -0.3 is 0 Å². The maximum Gasteiger partial charge on any atom is 0.433 e. The van der Waals surface area contributed by atoms with Crippen LogP contribution in [0.2, 0.25) is 0 Å². The molecule has 1 fully saturated rings. The molecule has 1 N–H and O–H groups in total. The molecule has 2 aromatic rings. The number of hydrogen-bond donors (Lipinski definition) is 1. The van der Waals surface area contributed by atoms with Crippen LogP contribution in [-0.4, -0.2) is 26.7 Å². The Hall–Kier alpha value is -2.51. The molecule has 8 heteroatoms. The van der Waals surface area contributed by atoms with E-state index in [0.29, 0.717) is 24.1 Å². The largest absolute Gasteiger partial charge is 0.433 e. The number of H-pyrrole nitrogens is 1. The smallest absolute Gasteiger partial charge is 0.299 e. The zero-order valence-corrected chi connectivity index (χ0v) is 14.3. The van der Waals surface area contributed by atoms with Gasteiger partial charge in [0.15, 0.2) is 5.82 Å². The topological polar surface area (TPSA) is 71.0 Å². The van der Waals surface area contributed by atoms with Gasteiger partial charge in [0.25, 0.3) is 0 Å². The highest BCUT2D eigenvalue weighted by molar-refractivity contribution is 6.11. The summed E-state index contributed by atoms with van der Waals surface area (Å²) in [6, 6.07) is 3.36. The number of aliphatic imine (C=N–C) groups is 1. The van der Waals surface area contributed by atoms with Gasteiger partial charge in [0.05, 0.1) is 5.92 Å². The van der Waals surface area contributed by atoms with E-state index in [9.17, 15) is 18.0 Å². The first kappa shape index (κ1) is 16.9. The Morgan fingerprint density at radius 3 is 2.65 bits per heavy atom. The van der Waals surface area contributed by atoms with Gasteiger partial charge in [-0.25, -0.2) is 4.99 Å². The quantitative estimate of drug-likeness (QED) is 0.832. The van der Waals surface area contributed by atoms with Gasteiger partial charge in [-0.3, -0.25) is 14.9 Å². The van der Waals surface area contributed by atoms with Crippen LogP contribution in [0.4, 0.5) is 19.0 Å². The standard InChI is InChI=1S/C18H17F3N4O/c1-17(2)6-10-13(11(26)7-17)12(9-4-3-5-22-8-9)14-15(18(19,20)21)24-25-16(14)23-10/h3-5,8,12-13H,6-7H2,1-2H3,(H,24,25). The van der Waals surface area contributed by atoms with Crippen LogP contribution < -0.4 is 0 Å². The average Bonchev–Trinajstić information content (AvgIpc) is 2.96. The number of Topliss-reactive ketones (excluding diaryl/α,β-unsaturated/α-hetero) is 1. The summed E-state index contributed by atoms with van der Waals surface area (Å²) in [5.74, 6) is -1.57. The fourth-order valence-electron chi connectivity index (χ4n) is 4.08. The molecule has 2 atom stereocenters. The van der Waals surface area contributed by atoms with Crippen LogP contribution in [0.3, 0.4) is 0 Å². The van der Waals surface area contributed by atoms with E-state index in [1.165, 1.54) is 6.20 Å². The van der Waals surface area contributed by atoms with Crippen LogP contribution in [0.15, 0.2) is 29.5 Å². The SMILES string of the molecule is CC1(C)CC(=O)C2C(=Nc3n[nH]c(C(F)(F)F)c3C2c2cccnc2)C1. The first-order valence-electron chi connectivity index (χ1n) is 8.33. The molecule has 3 heterocycles. The van der Waals surface area contributed by atoms with Crippen LogP contribution >= 0.6 is 0 Å². The Morgan fingerprint density at radius 1 is 1.23 bits per heavy atom. The highest BCUT2D eigenvalue weighted by Crippen LogP contribution is 2.51. The van der Waals surface area contributed by atoms with Crippen molar-refractivity contribution in [3.63, 3.8) is 0 Å². The van der Waals surface area contributed by atoms with E-state index in [2.05, 4.69) is 20.2 Å². The van der Waals surface area contributed by atoms with Crippen molar-refractivity contribution in [2.45, 2.75) is 38.8 Å². The summed E-state index contributed by atoms with van der Waals surface area (Å²) in [7, 11) is 0. The number of fused-ring (bicyclic) bond motifs is 2. The van der Waals surface area contributed by atoms with E-state index < -0.39 is 23.7 Å². The van der Waals surface area contributed by atoms with Gasteiger partial charge >= 0.3 is 6.18 Å². The molecule has 4 rings (SSSR count). The Balaban J connectivity index is 1.96. The predicted octanol–water partition coefficient (Wildman–Crippen LogP) is 4.05. The number of halogens is 3. The minimum atomic E-state index is -4.61. The number of alkyl halides is 3. The Morgan fingerprint density at radius 2 is 2.00 bits per heavy atom. The third kappa shape index (κ3) is 2.64. The van der Waals surface area contributed by atoms with Gasteiger partial charge in [-0.05, 0) is 23.5 Å². The highest BCUT2D eigenvalue weighted by Gasteiger charge is 2.50. The van der Waals surface area contributed by atoms with Gasteiger partial charge in [0, 0.05) is 36.0 Å². The molecule has 1 aliphatic heterocycles. The fraction of sp³-hybridized carbons (Fsp3) is 0.444. The molecule has 2 unspecified atom stereocenters. The Kier molecular flexibility index (Phi) is 3.58. The second-order valence-electron chi connectivity index (χ2n) is 7.66. The van der Waals surface area contributed by atoms with Gasteiger partial charge in [0.1, 0.15) is 11.5 Å². The molecule has 0 radical (unpaired) electrons. The minimum absolute atomic E-state index is 0.0166. The zero-order chi connectivity index (χ0) is 18.7. The number of aromatic nitrogens is 3. The Bertz CT molecular complexity index is 899. The molecule has 5 nitrogen and oxygen atoms in total. The van der Waals surface area contributed by atoms with Crippen molar-refractivity contribution in [3.05, 3.63) is 41.3 Å². The van der Waals surface area contributed by atoms with E-state index in [1.807, 2.05) is 13.8 Å². The summed E-state index contributed by atoms with van der Waals surface area (Å²) in [6.45, 7) is 3.92. The molecule has 0 spiro atoms. The molecule has 0 aromatic carbocycles. The molecule has 0 bridgehead atoms. The van der Waals surface area contributed by atoms with E-state index in [1.54, 1.807) is 18.3 Å². The third-order valence-electron chi connectivity index (χ3n) is 5.02. The lowest BCUT2D eigenvalue weighted by molar-refractivity contribution is -0.142. The third-order valence-corrected chi connectivity index (χ3v) is 5.02. The van der Waals surface area contributed by atoms with E-state index >= 15 is 0 Å². The lowest BCUT2D eigenvalue weighted by Crippen LogP contribution is -2.42. The summed E-state index contributed by atoms with van der Waals surface area (Å²) >= 11 is 0. The average molecular weight is 362 g/mol. The highest BCUT2D eigenvalue weighted by atomic mass is 19.4. The van der Waals surface area contributed by atoms with Crippen molar-refractivity contribution in [1.29, 1.82) is 0 Å². The molecule has 0 saturated heterocycles. The van der Waals surface area contributed by atoms with Crippen LogP contribution in [0.25, 0.3) is 0 Å². The Labute approximate surface area is 147 Å². The maximum absolute atomic E-state index is 13.5. The lowest BCUT2D eigenvalue weighted by Gasteiger charge is -2.40. The second kappa shape index (κ2) is 5.49. The van der Waals surface area contributed by atoms with E-state index in [4.69, 9.17) is 0 Å². The normalized spacial score (nSPS) is 24.7. The van der Waals surface area contributed by atoms with Gasteiger partial charge in [-0.2, -0.15) is 18.3 Å². The number of ketones is 1. The summed E-state index contributed by atoms with van der Waals surface area (Å²) in [4.78, 5) is 21.3. The summed E-state index contributed by atoms with van der Waals surface area (Å²) < 4.78 is 40.6. The molecular formula is C18H17F3N4O. The van der Waals surface area contributed by atoms with E-state index in [0.717, 1.165) is 0 Å². The molecule has 2 aliphatic rings. The van der Waals surface area contributed by atoms with Crippen molar-refractivity contribution in [2.24, 2.45) is 16.3 Å².